The molecule has 0 radical (unpaired) electrons. The van der Waals surface area contributed by atoms with Crippen LogP contribution in [0.1, 0.15) is 11.3 Å². The number of hydrogen-bond donors (Lipinski definition) is 0. The van der Waals surface area contributed by atoms with Gasteiger partial charge in [0.1, 0.15) is 11.5 Å². The second kappa shape index (κ2) is 8.88. The van der Waals surface area contributed by atoms with E-state index in [1.807, 2.05) is 0 Å². The molecule has 1 saturated heterocycles. The maximum absolute atomic E-state index is 12.7. The number of carbonyl (C=O) groups is 2. The summed E-state index contributed by atoms with van der Waals surface area (Å²) in [7, 11) is 0. The van der Waals surface area contributed by atoms with Crippen molar-refractivity contribution in [2.24, 2.45) is 0 Å². The highest BCUT2D eigenvalue weighted by Gasteiger charge is 2.35. The van der Waals surface area contributed by atoms with Gasteiger partial charge in [0.15, 0.2) is 0 Å². The molecule has 0 atom stereocenters. The lowest BCUT2D eigenvalue weighted by atomic mass is 10.1. The van der Waals surface area contributed by atoms with E-state index in [-0.39, 0.29) is 44.9 Å². The topological polar surface area (TPSA) is 137 Å². The molecule has 4 rings (SSSR count). The molecular weight excluding hydrogens is 474 g/mol. The molecule has 2 aromatic carbocycles. The second-order valence-corrected chi connectivity index (χ2v) is 8.25. The fraction of sp³-hybridized carbons (Fsp3) is 0.0476. The van der Waals surface area contributed by atoms with Crippen LogP contribution in [0.5, 0.6) is 0 Å². The van der Waals surface area contributed by atoms with Crippen LogP contribution in [-0.2, 0) is 11.3 Å². The number of carbonyl (C=O) groups excluding carboxylic acids is 2. The Bertz CT molecular complexity index is 1350. The lowest BCUT2D eigenvalue weighted by molar-refractivity contribution is -0.385. The molecule has 2 amide bonds. The average Bonchev–Trinajstić information content (AvgIpc) is 3.34. The van der Waals surface area contributed by atoms with Crippen molar-refractivity contribution >= 4 is 52.0 Å². The molecule has 2 heterocycles. The van der Waals surface area contributed by atoms with Crippen LogP contribution >= 0.6 is 23.4 Å². The van der Waals surface area contributed by atoms with Gasteiger partial charge in [-0.3, -0.25) is 34.7 Å². The molecular formula is C21H12ClN3O7S. The molecule has 0 aliphatic carbocycles. The Morgan fingerprint density at radius 2 is 1.82 bits per heavy atom. The fourth-order valence-corrected chi connectivity index (χ4v) is 4.14. The second-order valence-electron chi connectivity index (χ2n) is 6.82. The normalized spacial score (nSPS) is 14.8. The van der Waals surface area contributed by atoms with Gasteiger partial charge >= 0.3 is 0 Å². The van der Waals surface area contributed by atoms with Gasteiger partial charge in [-0.05, 0) is 41.6 Å². The van der Waals surface area contributed by atoms with Crippen molar-refractivity contribution in [2.45, 2.75) is 6.54 Å². The fourth-order valence-electron chi connectivity index (χ4n) is 3.16. The van der Waals surface area contributed by atoms with Gasteiger partial charge in [-0.2, -0.15) is 0 Å². The number of imide groups is 1. The summed E-state index contributed by atoms with van der Waals surface area (Å²) in [6, 6.07) is 12.8. The smallest absolute Gasteiger partial charge is 0.293 e. The number of benzene rings is 2. The zero-order chi connectivity index (χ0) is 23.7. The van der Waals surface area contributed by atoms with Crippen LogP contribution in [0, 0.1) is 20.2 Å². The average molecular weight is 486 g/mol. The number of thioether (sulfide) groups is 1. The van der Waals surface area contributed by atoms with Crippen LogP contribution in [0.15, 0.2) is 63.9 Å². The number of furan rings is 1. The predicted octanol–water partition coefficient (Wildman–Crippen LogP) is 5.65. The minimum Gasteiger partial charge on any atom is -0.456 e. The Labute approximate surface area is 194 Å². The molecule has 166 valence electrons. The van der Waals surface area contributed by atoms with Crippen LogP contribution in [0.2, 0.25) is 5.02 Å². The highest BCUT2D eigenvalue weighted by Crippen LogP contribution is 2.36. The summed E-state index contributed by atoms with van der Waals surface area (Å²) in [6.45, 7) is -0.121. The van der Waals surface area contributed by atoms with Crippen LogP contribution in [0.3, 0.4) is 0 Å². The number of non-ortho nitro benzene ring substituents is 1. The number of nitro benzene ring substituents is 2. The van der Waals surface area contributed by atoms with E-state index in [0.717, 1.165) is 4.90 Å². The summed E-state index contributed by atoms with van der Waals surface area (Å²) in [5.74, 6) is -0.164. The molecule has 0 spiro atoms. The van der Waals surface area contributed by atoms with Crippen molar-refractivity contribution in [1.82, 2.24) is 4.90 Å². The molecule has 1 fully saturated rings. The molecule has 1 aliphatic heterocycles. The zero-order valence-corrected chi connectivity index (χ0v) is 18.0. The van der Waals surface area contributed by atoms with Gasteiger partial charge in [0.25, 0.3) is 22.5 Å². The van der Waals surface area contributed by atoms with Crippen LogP contribution < -0.4 is 0 Å². The van der Waals surface area contributed by atoms with E-state index >= 15 is 0 Å². The van der Waals surface area contributed by atoms with Crippen molar-refractivity contribution in [1.29, 1.82) is 0 Å². The summed E-state index contributed by atoms with van der Waals surface area (Å²) in [5, 5.41) is 21.9. The Kier molecular flexibility index (Phi) is 5.99. The lowest BCUT2D eigenvalue weighted by Gasteiger charge is -2.12. The third-order valence-electron chi connectivity index (χ3n) is 4.66. The number of rotatable bonds is 6. The van der Waals surface area contributed by atoms with E-state index < -0.39 is 21.0 Å². The first-order valence-electron chi connectivity index (χ1n) is 9.26. The summed E-state index contributed by atoms with van der Waals surface area (Å²) in [5.41, 5.74) is 0.265. The highest BCUT2D eigenvalue weighted by atomic mass is 35.5. The van der Waals surface area contributed by atoms with Gasteiger partial charge in [-0.25, -0.2) is 0 Å². The zero-order valence-electron chi connectivity index (χ0n) is 16.5. The van der Waals surface area contributed by atoms with E-state index in [2.05, 4.69) is 0 Å². The van der Waals surface area contributed by atoms with Crippen molar-refractivity contribution in [3.63, 3.8) is 0 Å². The predicted molar refractivity (Wildman–Crippen MR) is 120 cm³/mol. The van der Waals surface area contributed by atoms with E-state index in [1.165, 1.54) is 54.6 Å². The maximum Gasteiger partial charge on any atom is 0.293 e. The third-order valence-corrected chi connectivity index (χ3v) is 5.80. The summed E-state index contributed by atoms with van der Waals surface area (Å²) >= 11 is 6.54. The van der Waals surface area contributed by atoms with Crippen molar-refractivity contribution in [3.05, 3.63) is 96.1 Å². The number of hydrogen-bond acceptors (Lipinski definition) is 8. The van der Waals surface area contributed by atoms with Crippen molar-refractivity contribution < 1.29 is 23.9 Å². The largest absolute Gasteiger partial charge is 0.456 e. The summed E-state index contributed by atoms with van der Waals surface area (Å²) < 4.78 is 5.65. The number of nitro groups is 2. The van der Waals surface area contributed by atoms with Crippen LogP contribution in [0.4, 0.5) is 16.2 Å². The van der Waals surface area contributed by atoms with E-state index in [1.54, 1.807) is 6.07 Å². The first-order chi connectivity index (χ1) is 15.7. The Balaban J connectivity index is 1.57. The Hall–Kier alpha value is -3.96. The van der Waals surface area contributed by atoms with Gasteiger partial charge in [-0.15, -0.1) is 0 Å². The minimum atomic E-state index is -0.581. The molecule has 0 N–H and O–H groups in total. The molecule has 0 unspecified atom stereocenters. The van der Waals surface area contributed by atoms with Gasteiger partial charge < -0.3 is 4.42 Å². The third kappa shape index (κ3) is 4.64. The quantitative estimate of drug-likeness (QED) is 0.248. The maximum atomic E-state index is 12.7. The Morgan fingerprint density at radius 1 is 1.03 bits per heavy atom. The van der Waals surface area contributed by atoms with Crippen molar-refractivity contribution in [3.8, 4) is 11.3 Å². The molecule has 1 aliphatic rings. The number of amides is 2. The van der Waals surface area contributed by atoms with Gasteiger partial charge in [0.2, 0.25) is 0 Å². The summed E-state index contributed by atoms with van der Waals surface area (Å²) in [6.07, 6.45) is 1.36. The standard InChI is InChI=1S/C21H12ClN3O7S/c22-13-4-6-16(17(9-13)25(30)31)18-7-5-15(32-18)10-19-20(26)23(21(27)33-19)11-12-2-1-3-14(8-12)24(28)29/h1-10H,11H2/b19-10-. The minimum absolute atomic E-state index is 0.0944. The van der Waals surface area contributed by atoms with Crippen molar-refractivity contribution in [2.75, 3.05) is 0 Å². The van der Waals surface area contributed by atoms with E-state index in [4.69, 9.17) is 16.0 Å². The van der Waals surface area contributed by atoms with Gasteiger partial charge in [-0.1, -0.05) is 23.7 Å². The SMILES string of the molecule is O=C1S/C(=C\c2ccc(-c3ccc(Cl)cc3[N+](=O)[O-])o2)C(=O)N1Cc1cccc([N+](=O)[O-])c1. The molecule has 1 aromatic heterocycles. The first kappa shape index (κ1) is 22.2. The van der Waals surface area contributed by atoms with Crippen LogP contribution in [0.25, 0.3) is 17.4 Å². The highest BCUT2D eigenvalue weighted by molar-refractivity contribution is 8.18. The molecule has 0 saturated carbocycles. The molecule has 10 nitrogen and oxygen atoms in total. The number of nitrogens with zero attached hydrogens (tertiary/aromatic N) is 3. The molecule has 3 aromatic rings. The first-order valence-corrected chi connectivity index (χ1v) is 10.5. The van der Waals surface area contributed by atoms with Gasteiger partial charge in [0.05, 0.1) is 26.9 Å². The molecule has 0 bridgehead atoms. The number of halogens is 1. The monoisotopic (exact) mass is 485 g/mol. The lowest BCUT2D eigenvalue weighted by Crippen LogP contribution is -2.27. The van der Waals surface area contributed by atoms with E-state index in [9.17, 15) is 29.8 Å². The Morgan fingerprint density at radius 3 is 2.55 bits per heavy atom. The summed E-state index contributed by atoms with van der Waals surface area (Å²) in [4.78, 5) is 47.3. The van der Waals surface area contributed by atoms with E-state index in [0.29, 0.717) is 17.3 Å². The molecule has 12 heteroatoms. The van der Waals surface area contributed by atoms with Gasteiger partial charge in [0, 0.05) is 29.3 Å². The van der Waals surface area contributed by atoms with Crippen LogP contribution in [-0.4, -0.2) is 25.9 Å². The molecule has 33 heavy (non-hydrogen) atoms.